The standard InChI is InChI=1S/C17H13N5O2/c23-17(15-10-14(21-22-15)16-5-2-8-24-16)19-12-4-1-3-11(9-12)13-6-7-18-20-13/h1-10H,(H,18,20)(H,19,23)(H,21,22). The molecule has 0 spiro atoms. The second-order valence-corrected chi connectivity index (χ2v) is 5.15. The molecule has 24 heavy (non-hydrogen) atoms. The largest absolute Gasteiger partial charge is 0.463 e. The molecule has 3 heterocycles. The molecule has 7 nitrogen and oxygen atoms in total. The molecule has 0 fully saturated rings. The van der Waals surface area contributed by atoms with Crippen molar-refractivity contribution < 1.29 is 9.21 Å². The lowest BCUT2D eigenvalue weighted by Gasteiger charge is -2.05. The molecule has 0 aliphatic carbocycles. The van der Waals surface area contributed by atoms with Crippen molar-refractivity contribution in [3.8, 4) is 22.7 Å². The van der Waals surface area contributed by atoms with Crippen LogP contribution < -0.4 is 5.32 Å². The Bertz CT molecular complexity index is 955. The van der Waals surface area contributed by atoms with Gasteiger partial charge in [-0.05, 0) is 30.3 Å². The van der Waals surface area contributed by atoms with E-state index in [1.165, 1.54) is 0 Å². The number of carbonyl (C=O) groups is 1. The molecule has 3 N–H and O–H groups in total. The molecule has 4 rings (SSSR count). The Kier molecular flexibility index (Phi) is 3.43. The number of amides is 1. The van der Waals surface area contributed by atoms with Gasteiger partial charge in [-0.2, -0.15) is 10.2 Å². The van der Waals surface area contributed by atoms with E-state index in [0.29, 0.717) is 17.1 Å². The summed E-state index contributed by atoms with van der Waals surface area (Å²) in [5.41, 5.74) is 3.42. The highest BCUT2D eigenvalue weighted by Crippen LogP contribution is 2.21. The normalized spacial score (nSPS) is 10.7. The number of benzene rings is 1. The summed E-state index contributed by atoms with van der Waals surface area (Å²) in [4.78, 5) is 12.4. The minimum atomic E-state index is -0.300. The van der Waals surface area contributed by atoms with Gasteiger partial charge in [0.25, 0.3) is 5.91 Å². The van der Waals surface area contributed by atoms with Gasteiger partial charge in [-0.3, -0.25) is 15.0 Å². The van der Waals surface area contributed by atoms with Crippen LogP contribution in [0.1, 0.15) is 10.5 Å². The molecule has 1 aromatic carbocycles. The zero-order chi connectivity index (χ0) is 16.4. The van der Waals surface area contributed by atoms with Crippen molar-refractivity contribution in [3.63, 3.8) is 0 Å². The number of hydrogen-bond acceptors (Lipinski definition) is 4. The van der Waals surface area contributed by atoms with E-state index < -0.39 is 0 Å². The monoisotopic (exact) mass is 319 g/mol. The first-order valence-electron chi connectivity index (χ1n) is 7.30. The lowest BCUT2D eigenvalue weighted by Crippen LogP contribution is -2.12. The third kappa shape index (κ3) is 2.70. The molecule has 0 radical (unpaired) electrons. The Morgan fingerprint density at radius 3 is 2.79 bits per heavy atom. The van der Waals surface area contributed by atoms with Crippen molar-refractivity contribution >= 4 is 11.6 Å². The Balaban J connectivity index is 1.53. The van der Waals surface area contributed by atoms with Gasteiger partial charge < -0.3 is 9.73 Å². The van der Waals surface area contributed by atoms with Crippen LogP contribution in [0, 0.1) is 0 Å². The first kappa shape index (κ1) is 14.0. The second kappa shape index (κ2) is 5.88. The lowest BCUT2D eigenvalue weighted by atomic mass is 10.1. The number of furan rings is 1. The van der Waals surface area contributed by atoms with Gasteiger partial charge in [0, 0.05) is 23.5 Å². The summed E-state index contributed by atoms with van der Waals surface area (Å²) < 4.78 is 5.28. The maximum absolute atomic E-state index is 12.4. The fourth-order valence-corrected chi connectivity index (χ4v) is 2.37. The summed E-state index contributed by atoms with van der Waals surface area (Å²) in [6.45, 7) is 0. The highest BCUT2D eigenvalue weighted by atomic mass is 16.3. The summed E-state index contributed by atoms with van der Waals surface area (Å²) in [6.07, 6.45) is 3.25. The minimum Gasteiger partial charge on any atom is -0.463 e. The van der Waals surface area contributed by atoms with Crippen LogP contribution in [0.25, 0.3) is 22.7 Å². The van der Waals surface area contributed by atoms with E-state index in [2.05, 4.69) is 25.7 Å². The van der Waals surface area contributed by atoms with Gasteiger partial charge in [0.2, 0.25) is 0 Å². The number of rotatable bonds is 4. The van der Waals surface area contributed by atoms with Gasteiger partial charge in [0.1, 0.15) is 5.69 Å². The van der Waals surface area contributed by atoms with Crippen LogP contribution in [0.2, 0.25) is 0 Å². The fourth-order valence-electron chi connectivity index (χ4n) is 2.37. The van der Waals surface area contributed by atoms with Crippen LogP contribution >= 0.6 is 0 Å². The molecule has 0 aliphatic rings. The molecule has 0 saturated carbocycles. The second-order valence-electron chi connectivity index (χ2n) is 5.15. The zero-order valence-electron chi connectivity index (χ0n) is 12.5. The summed E-state index contributed by atoms with van der Waals surface area (Å²) in [6, 6.07) is 14.6. The van der Waals surface area contributed by atoms with Crippen molar-refractivity contribution in [2.75, 3.05) is 5.32 Å². The van der Waals surface area contributed by atoms with Crippen LogP contribution in [0.15, 0.2) is 65.4 Å². The van der Waals surface area contributed by atoms with E-state index in [0.717, 1.165) is 11.3 Å². The first-order valence-corrected chi connectivity index (χ1v) is 7.30. The molecule has 3 aromatic heterocycles. The highest BCUT2D eigenvalue weighted by molar-refractivity contribution is 6.03. The topological polar surface area (TPSA) is 99.6 Å². The van der Waals surface area contributed by atoms with Gasteiger partial charge in [0.15, 0.2) is 11.5 Å². The van der Waals surface area contributed by atoms with E-state index in [1.807, 2.05) is 30.3 Å². The average Bonchev–Trinajstić information content (AvgIpc) is 3.36. The van der Waals surface area contributed by atoms with E-state index in [9.17, 15) is 4.79 Å². The maximum Gasteiger partial charge on any atom is 0.276 e. The molecule has 4 aromatic rings. The number of aromatic amines is 2. The third-order valence-electron chi connectivity index (χ3n) is 3.53. The van der Waals surface area contributed by atoms with Crippen molar-refractivity contribution in [2.24, 2.45) is 0 Å². The zero-order valence-corrected chi connectivity index (χ0v) is 12.5. The predicted molar refractivity (Wildman–Crippen MR) is 88.3 cm³/mol. The SMILES string of the molecule is O=C(Nc1cccc(-c2ccn[nH]2)c1)c1cc(-c2ccco2)[nH]n1. The van der Waals surface area contributed by atoms with Crippen LogP contribution in [0.5, 0.6) is 0 Å². The molecule has 1 amide bonds. The summed E-state index contributed by atoms with van der Waals surface area (Å²) in [7, 11) is 0. The summed E-state index contributed by atoms with van der Waals surface area (Å²) in [5, 5.41) is 16.5. The molecule has 7 heteroatoms. The smallest absolute Gasteiger partial charge is 0.276 e. The summed E-state index contributed by atoms with van der Waals surface area (Å²) >= 11 is 0. The van der Waals surface area contributed by atoms with Gasteiger partial charge in [-0.25, -0.2) is 0 Å². The molecule has 0 unspecified atom stereocenters. The lowest BCUT2D eigenvalue weighted by molar-refractivity contribution is 0.102. The van der Waals surface area contributed by atoms with Gasteiger partial charge >= 0.3 is 0 Å². The Morgan fingerprint density at radius 2 is 2.00 bits per heavy atom. The number of nitrogens with one attached hydrogen (secondary N) is 3. The molecular weight excluding hydrogens is 306 g/mol. The van der Waals surface area contributed by atoms with Crippen LogP contribution in [-0.4, -0.2) is 26.3 Å². The highest BCUT2D eigenvalue weighted by Gasteiger charge is 2.13. The van der Waals surface area contributed by atoms with Gasteiger partial charge in [-0.15, -0.1) is 0 Å². The first-order chi connectivity index (χ1) is 11.8. The quantitative estimate of drug-likeness (QED) is 0.537. The molecular formula is C17H13N5O2. The summed E-state index contributed by atoms with van der Waals surface area (Å²) in [5.74, 6) is 0.327. The van der Waals surface area contributed by atoms with E-state index in [-0.39, 0.29) is 11.6 Å². The maximum atomic E-state index is 12.4. The minimum absolute atomic E-state index is 0.286. The average molecular weight is 319 g/mol. The van der Waals surface area contributed by atoms with Crippen molar-refractivity contribution in [1.29, 1.82) is 0 Å². The van der Waals surface area contributed by atoms with Crippen molar-refractivity contribution in [2.45, 2.75) is 0 Å². The van der Waals surface area contributed by atoms with Crippen molar-refractivity contribution in [3.05, 3.63) is 66.7 Å². The number of H-pyrrole nitrogens is 2. The number of carbonyl (C=O) groups excluding carboxylic acids is 1. The van der Waals surface area contributed by atoms with Crippen molar-refractivity contribution in [1.82, 2.24) is 20.4 Å². The molecule has 0 saturated heterocycles. The van der Waals surface area contributed by atoms with E-state index >= 15 is 0 Å². The van der Waals surface area contributed by atoms with Gasteiger partial charge in [0.05, 0.1) is 12.0 Å². The van der Waals surface area contributed by atoms with E-state index in [4.69, 9.17) is 4.42 Å². The Morgan fingerprint density at radius 1 is 1.04 bits per heavy atom. The van der Waals surface area contributed by atoms with Crippen LogP contribution in [-0.2, 0) is 0 Å². The third-order valence-corrected chi connectivity index (χ3v) is 3.53. The van der Waals surface area contributed by atoms with Crippen LogP contribution in [0.3, 0.4) is 0 Å². The predicted octanol–water partition coefficient (Wildman–Crippen LogP) is 3.31. The number of anilines is 1. The molecule has 0 bridgehead atoms. The molecule has 118 valence electrons. The van der Waals surface area contributed by atoms with Crippen LogP contribution in [0.4, 0.5) is 5.69 Å². The van der Waals surface area contributed by atoms with E-state index in [1.54, 1.807) is 30.7 Å². The molecule has 0 atom stereocenters. The Labute approximate surface area is 136 Å². The van der Waals surface area contributed by atoms with Gasteiger partial charge in [-0.1, -0.05) is 12.1 Å². The number of nitrogens with zero attached hydrogens (tertiary/aromatic N) is 2. The number of aromatic nitrogens is 4. The number of hydrogen-bond donors (Lipinski definition) is 3. The molecule has 0 aliphatic heterocycles. The fraction of sp³-hybridized carbons (Fsp3) is 0. The Hall–Kier alpha value is -3.61.